The Bertz CT molecular complexity index is 309. The van der Waals surface area contributed by atoms with Gasteiger partial charge in [0.25, 0.3) is 0 Å². The highest BCUT2D eigenvalue weighted by molar-refractivity contribution is 5.84. The quantitative estimate of drug-likeness (QED) is 0.756. The number of hydrogen-bond donors (Lipinski definition) is 2. The molecule has 0 aromatic rings. The van der Waals surface area contributed by atoms with Gasteiger partial charge in [0.15, 0.2) is 0 Å². The molecule has 0 aromatic heterocycles. The van der Waals surface area contributed by atoms with E-state index in [9.17, 15) is 9.90 Å². The highest BCUT2D eigenvalue weighted by Crippen LogP contribution is 2.31. The average Bonchev–Trinajstić information content (AvgIpc) is 2.93. The van der Waals surface area contributed by atoms with Crippen LogP contribution in [-0.2, 0) is 4.79 Å². The van der Waals surface area contributed by atoms with E-state index in [1.54, 1.807) is 0 Å². The molecule has 2 N–H and O–H groups in total. The highest BCUT2D eigenvalue weighted by atomic mass is 16.3. The van der Waals surface area contributed by atoms with Crippen molar-refractivity contribution in [2.24, 2.45) is 0 Å². The summed E-state index contributed by atoms with van der Waals surface area (Å²) >= 11 is 0. The number of nitrogens with zero attached hydrogens (tertiary/aromatic N) is 1. The third-order valence-corrected chi connectivity index (χ3v) is 4.33. The number of carbonyl (C=O) groups excluding carboxylic acids is 1. The molecule has 4 nitrogen and oxygen atoms in total. The number of nitrogens with one attached hydrogen (secondary N) is 1. The van der Waals surface area contributed by atoms with Gasteiger partial charge in [0.2, 0.25) is 5.91 Å². The van der Waals surface area contributed by atoms with Gasteiger partial charge in [-0.05, 0) is 32.1 Å². The maximum atomic E-state index is 12.2. The summed E-state index contributed by atoms with van der Waals surface area (Å²) in [4.78, 5) is 14.0. The van der Waals surface area contributed by atoms with Crippen molar-refractivity contribution in [1.29, 1.82) is 0 Å². The summed E-state index contributed by atoms with van der Waals surface area (Å²) < 4.78 is 0. The third-order valence-electron chi connectivity index (χ3n) is 4.33. The van der Waals surface area contributed by atoms with Crippen molar-refractivity contribution in [2.75, 3.05) is 13.1 Å². The fraction of sp³-hybridized carbons (Fsp3) is 0.923. The van der Waals surface area contributed by atoms with Crippen LogP contribution in [0.4, 0.5) is 0 Å². The number of likely N-dealkylation sites (tertiary alicyclic amines) is 1. The molecule has 96 valence electrons. The molecule has 3 aliphatic rings. The van der Waals surface area contributed by atoms with Gasteiger partial charge in [0, 0.05) is 19.1 Å². The largest absolute Gasteiger partial charge is 0.388 e. The Morgan fingerprint density at radius 2 is 2.00 bits per heavy atom. The lowest BCUT2D eigenvalue weighted by molar-refractivity contribution is -0.132. The molecule has 0 radical (unpaired) electrons. The molecule has 1 saturated heterocycles. The Balaban J connectivity index is 1.55. The van der Waals surface area contributed by atoms with Crippen LogP contribution in [0.15, 0.2) is 0 Å². The van der Waals surface area contributed by atoms with Gasteiger partial charge in [-0.25, -0.2) is 0 Å². The van der Waals surface area contributed by atoms with Crippen LogP contribution in [0, 0.1) is 0 Å². The zero-order valence-corrected chi connectivity index (χ0v) is 10.3. The number of aliphatic hydroxyl groups is 1. The van der Waals surface area contributed by atoms with E-state index in [2.05, 4.69) is 5.32 Å². The van der Waals surface area contributed by atoms with E-state index in [1.807, 2.05) is 4.90 Å². The predicted molar refractivity (Wildman–Crippen MR) is 64.6 cm³/mol. The monoisotopic (exact) mass is 238 g/mol. The predicted octanol–water partition coefficient (Wildman–Crippen LogP) is 0.644. The lowest BCUT2D eigenvalue weighted by Gasteiger charge is -2.28. The first-order valence-electron chi connectivity index (χ1n) is 6.94. The van der Waals surface area contributed by atoms with Crippen molar-refractivity contribution in [2.45, 2.75) is 62.6 Å². The van der Waals surface area contributed by atoms with E-state index in [0.29, 0.717) is 12.6 Å². The minimum absolute atomic E-state index is 0.0208. The second-order valence-electron chi connectivity index (χ2n) is 5.97. The summed E-state index contributed by atoms with van der Waals surface area (Å²) in [6.45, 7) is 1.36. The maximum Gasteiger partial charge on any atom is 0.239 e. The summed E-state index contributed by atoms with van der Waals surface area (Å²) in [6.07, 6.45) is 7.26. The Kier molecular flexibility index (Phi) is 2.87. The number of amides is 1. The van der Waals surface area contributed by atoms with E-state index >= 15 is 0 Å². The third kappa shape index (κ3) is 2.47. The van der Waals surface area contributed by atoms with Crippen molar-refractivity contribution in [3.8, 4) is 0 Å². The molecule has 2 saturated carbocycles. The summed E-state index contributed by atoms with van der Waals surface area (Å²) in [5.74, 6) is 0.206. The van der Waals surface area contributed by atoms with E-state index < -0.39 is 5.60 Å². The van der Waals surface area contributed by atoms with Gasteiger partial charge in [-0.15, -0.1) is 0 Å². The Morgan fingerprint density at radius 3 is 2.65 bits per heavy atom. The van der Waals surface area contributed by atoms with Crippen molar-refractivity contribution >= 4 is 5.91 Å². The smallest absolute Gasteiger partial charge is 0.239 e. The first-order chi connectivity index (χ1) is 8.16. The molecule has 1 aliphatic heterocycles. The van der Waals surface area contributed by atoms with Crippen molar-refractivity contribution in [3.63, 3.8) is 0 Å². The summed E-state index contributed by atoms with van der Waals surface area (Å²) in [5, 5.41) is 13.7. The lowest BCUT2D eigenvalue weighted by Crippen LogP contribution is -2.45. The SMILES string of the molecule is O=C1C(NC2CC2)CCN1CC1(O)CCCC1. The topological polar surface area (TPSA) is 52.6 Å². The molecule has 1 amide bonds. The van der Waals surface area contributed by atoms with Crippen molar-refractivity contribution in [1.82, 2.24) is 10.2 Å². The molecule has 3 fully saturated rings. The highest BCUT2D eigenvalue weighted by Gasteiger charge is 2.40. The Hall–Kier alpha value is -0.610. The van der Waals surface area contributed by atoms with Crippen molar-refractivity contribution in [3.05, 3.63) is 0 Å². The zero-order chi connectivity index (χ0) is 11.9. The van der Waals surface area contributed by atoms with Crippen molar-refractivity contribution < 1.29 is 9.90 Å². The Labute approximate surface area is 102 Å². The number of β-amino-alcohol motifs (C(OH)–C–C–N with tert-alkyl or cyclic N) is 1. The van der Waals surface area contributed by atoms with E-state index in [4.69, 9.17) is 0 Å². The molecular formula is C13H22N2O2. The molecule has 0 spiro atoms. The average molecular weight is 238 g/mol. The molecule has 2 aliphatic carbocycles. The number of carbonyl (C=O) groups is 1. The molecule has 1 unspecified atom stereocenters. The maximum absolute atomic E-state index is 12.2. The normalized spacial score (nSPS) is 32.4. The molecule has 0 bridgehead atoms. The van der Waals surface area contributed by atoms with Gasteiger partial charge < -0.3 is 15.3 Å². The molecule has 1 heterocycles. The molecule has 0 aromatic carbocycles. The number of hydrogen-bond acceptors (Lipinski definition) is 3. The fourth-order valence-corrected chi connectivity index (χ4v) is 3.13. The second kappa shape index (κ2) is 4.25. The van der Waals surface area contributed by atoms with Gasteiger partial charge in [0.1, 0.15) is 0 Å². The van der Waals surface area contributed by atoms with Crippen LogP contribution in [0.2, 0.25) is 0 Å². The first kappa shape index (κ1) is 11.5. The van der Waals surface area contributed by atoms with Crippen LogP contribution in [-0.4, -0.2) is 46.7 Å². The molecule has 17 heavy (non-hydrogen) atoms. The molecule has 3 rings (SSSR count). The first-order valence-corrected chi connectivity index (χ1v) is 6.94. The number of rotatable bonds is 4. The van der Waals surface area contributed by atoms with Crippen LogP contribution >= 0.6 is 0 Å². The second-order valence-corrected chi connectivity index (χ2v) is 5.97. The van der Waals surface area contributed by atoms with Crippen LogP contribution < -0.4 is 5.32 Å². The lowest BCUT2D eigenvalue weighted by atomic mass is 10.0. The molecule has 1 atom stereocenters. The molecule has 4 heteroatoms. The van der Waals surface area contributed by atoms with Gasteiger partial charge in [-0.3, -0.25) is 4.79 Å². The van der Waals surface area contributed by atoms with E-state index in [1.165, 1.54) is 12.8 Å². The standard InChI is InChI=1S/C13H22N2O2/c16-12-11(14-10-3-4-10)5-8-15(12)9-13(17)6-1-2-7-13/h10-11,14,17H,1-9H2. The minimum Gasteiger partial charge on any atom is -0.388 e. The summed E-state index contributed by atoms with van der Waals surface area (Å²) in [7, 11) is 0. The van der Waals surface area contributed by atoms with Crippen LogP contribution in [0.3, 0.4) is 0 Å². The Morgan fingerprint density at radius 1 is 1.29 bits per heavy atom. The fourth-order valence-electron chi connectivity index (χ4n) is 3.13. The van der Waals surface area contributed by atoms with Gasteiger partial charge in [0.05, 0.1) is 11.6 Å². The van der Waals surface area contributed by atoms with Crippen LogP contribution in [0.1, 0.15) is 44.9 Å². The van der Waals surface area contributed by atoms with E-state index in [-0.39, 0.29) is 11.9 Å². The minimum atomic E-state index is -0.593. The van der Waals surface area contributed by atoms with Gasteiger partial charge in [-0.1, -0.05) is 12.8 Å². The molecular weight excluding hydrogens is 216 g/mol. The van der Waals surface area contributed by atoms with Gasteiger partial charge >= 0.3 is 0 Å². The van der Waals surface area contributed by atoms with Gasteiger partial charge in [-0.2, -0.15) is 0 Å². The van der Waals surface area contributed by atoms with Crippen LogP contribution in [0.25, 0.3) is 0 Å². The summed E-state index contributed by atoms with van der Waals surface area (Å²) in [5.41, 5.74) is -0.593. The zero-order valence-electron chi connectivity index (χ0n) is 10.3. The van der Waals surface area contributed by atoms with Crippen LogP contribution in [0.5, 0.6) is 0 Å². The summed E-state index contributed by atoms with van der Waals surface area (Å²) in [6, 6.07) is 0.603. The van der Waals surface area contributed by atoms with E-state index in [0.717, 1.165) is 38.6 Å².